The summed E-state index contributed by atoms with van der Waals surface area (Å²) in [5.41, 5.74) is 3.08. The molecule has 0 fully saturated rings. The number of hydrogen-bond acceptors (Lipinski definition) is 8. The number of thioether (sulfide) groups is 2. The molecule has 0 spiro atoms. The number of hydrogen-bond donors (Lipinski definition) is 1. The van der Waals surface area contributed by atoms with Gasteiger partial charge in [-0.2, -0.15) is 0 Å². The van der Waals surface area contributed by atoms with Crippen molar-refractivity contribution in [3.05, 3.63) is 77.4 Å². The van der Waals surface area contributed by atoms with Crippen LogP contribution in [0.25, 0.3) is 16.8 Å². The van der Waals surface area contributed by atoms with E-state index in [1.165, 1.54) is 23.5 Å². The number of nitrogens with zero attached hydrogens (tertiary/aromatic N) is 4. The lowest BCUT2D eigenvalue weighted by atomic mass is 10.2. The molecule has 1 aliphatic rings. The van der Waals surface area contributed by atoms with Crippen LogP contribution in [-0.2, 0) is 11.2 Å². The molecule has 0 saturated heterocycles. The largest absolute Gasteiger partial charge is 0.472 e. The van der Waals surface area contributed by atoms with Crippen molar-refractivity contribution in [1.29, 1.82) is 0 Å². The fraction of sp³-hybridized carbons (Fsp3) is 0.136. The highest BCUT2D eigenvalue weighted by molar-refractivity contribution is 8.00. The Morgan fingerprint density at radius 2 is 1.97 bits per heavy atom. The second kappa shape index (κ2) is 9.01. The molecule has 1 aliphatic heterocycles. The summed E-state index contributed by atoms with van der Waals surface area (Å²) in [4.78, 5) is 39.4. The summed E-state index contributed by atoms with van der Waals surface area (Å²) in [6, 6.07) is 11.1. The Balaban J connectivity index is 1.33. The van der Waals surface area contributed by atoms with Gasteiger partial charge in [0.1, 0.15) is 0 Å². The SMILES string of the molecule is O=C(CSc1nc2c(c(=O)n1-c1ccccc1)SCC2)Nc1ncc(-c2ccoc2)cn1. The molecule has 0 atom stereocenters. The number of aryl methyl sites for hydroxylation is 1. The summed E-state index contributed by atoms with van der Waals surface area (Å²) in [7, 11) is 0. The highest BCUT2D eigenvalue weighted by Crippen LogP contribution is 2.30. The summed E-state index contributed by atoms with van der Waals surface area (Å²) < 4.78 is 6.63. The Bertz CT molecular complexity index is 1310. The van der Waals surface area contributed by atoms with Crippen LogP contribution in [0.4, 0.5) is 5.95 Å². The van der Waals surface area contributed by atoms with E-state index in [-0.39, 0.29) is 23.2 Å². The van der Waals surface area contributed by atoms with Crippen molar-refractivity contribution in [3.8, 4) is 16.8 Å². The fourth-order valence-electron chi connectivity index (χ4n) is 3.26. The predicted octanol–water partition coefficient (Wildman–Crippen LogP) is 3.66. The molecule has 1 N–H and O–H groups in total. The minimum absolute atomic E-state index is 0.0675. The summed E-state index contributed by atoms with van der Waals surface area (Å²) in [5.74, 6) is 0.835. The molecule has 0 bridgehead atoms. The van der Waals surface area contributed by atoms with E-state index >= 15 is 0 Å². The van der Waals surface area contributed by atoms with Crippen LogP contribution < -0.4 is 10.9 Å². The van der Waals surface area contributed by atoms with Gasteiger partial charge >= 0.3 is 0 Å². The van der Waals surface area contributed by atoms with Gasteiger partial charge in [0.2, 0.25) is 11.9 Å². The standard InChI is InChI=1S/C22H17N5O3S2/c28-18(26-21-23-10-15(11-24-21)14-6-8-30-12-14)13-32-22-25-17-7-9-31-19(17)20(29)27(22)16-4-2-1-3-5-16/h1-6,8,10-12H,7,9,13H2,(H,23,24,26,28). The predicted molar refractivity (Wildman–Crippen MR) is 123 cm³/mol. The van der Waals surface area contributed by atoms with Gasteiger partial charge in [-0.05, 0) is 18.2 Å². The van der Waals surface area contributed by atoms with Gasteiger partial charge in [0.25, 0.3) is 5.56 Å². The molecular formula is C22H17N5O3S2. The van der Waals surface area contributed by atoms with Crippen LogP contribution >= 0.6 is 23.5 Å². The van der Waals surface area contributed by atoms with Gasteiger partial charge in [-0.3, -0.25) is 19.5 Å². The number of fused-ring (bicyclic) bond motifs is 1. The number of para-hydroxylation sites is 1. The quantitative estimate of drug-likeness (QED) is 0.341. The van der Waals surface area contributed by atoms with Gasteiger partial charge in [-0.15, -0.1) is 11.8 Å². The molecule has 0 unspecified atom stereocenters. The first-order valence-electron chi connectivity index (χ1n) is 9.80. The molecular weight excluding hydrogens is 446 g/mol. The molecule has 4 aromatic rings. The zero-order chi connectivity index (χ0) is 21.9. The molecule has 160 valence electrons. The fourth-order valence-corrected chi connectivity index (χ4v) is 5.11. The van der Waals surface area contributed by atoms with Crippen molar-refractivity contribution in [3.63, 3.8) is 0 Å². The maximum absolute atomic E-state index is 13.1. The molecule has 10 heteroatoms. The van der Waals surface area contributed by atoms with Crippen molar-refractivity contribution >= 4 is 35.4 Å². The van der Waals surface area contributed by atoms with Crippen LogP contribution in [0.5, 0.6) is 0 Å². The van der Waals surface area contributed by atoms with Crippen LogP contribution in [0.2, 0.25) is 0 Å². The van der Waals surface area contributed by atoms with Crippen LogP contribution in [0.3, 0.4) is 0 Å². The van der Waals surface area contributed by atoms with Gasteiger partial charge in [-0.1, -0.05) is 30.0 Å². The Kier molecular flexibility index (Phi) is 5.78. The number of anilines is 1. The van der Waals surface area contributed by atoms with Gasteiger partial charge in [-0.25, -0.2) is 15.0 Å². The van der Waals surface area contributed by atoms with Crippen molar-refractivity contribution in [1.82, 2.24) is 19.5 Å². The molecule has 32 heavy (non-hydrogen) atoms. The zero-order valence-corrected chi connectivity index (χ0v) is 18.4. The highest BCUT2D eigenvalue weighted by atomic mass is 32.2. The maximum Gasteiger partial charge on any atom is 0.272 e. The highest BCUT2D eigenvalue weighted by Gasteiger charge is 2.23. The van der Waals surface area contributed by atoms with E-state index in [9.17, 15) is 9.59 Å². The molecule has 8 nitrogen and oxygen atoms in total. The van der Waals surface area contributed by atoms with E-state index in [0.29, 0.717) is 10.1 Å². The number of aromatic nitrogens is 4. The molecule has 0 aliphatic carbocycles. The summed E-state index contributed by atoms with van der Waals surface area (Å²) in [6.07, 6.45) is 7.16. The Labute approximate surface area is 191 Å². The lowest BCUT2D eigenvalue weighted by molar-refractivity contribution is -0.113. The van der Waals surface area contributed by atoms with Crippen molar-refractivity contribution in [2.45, 2.75) is 16.5 Å². The molecule has 1 aromatic carbocycles. The Hall–Kier alpha value is -3.37. The minimum atomic E-state index is -0.283. The van der Waals surface area contributed by atoms with Gasteiger partial charge in [0.15, 0.2) is 5.16 Å². The third kappa shape index (κ3) is 4.19. The molecule has 5 rings (SSSR count). The number of nitrogens with one attached hydrogen (secondary N) is 1. The first kappa shape index (κ1) is 20.5. The summed E-state index contributed by atoms with van der Waals surface area (Å²) >= 11 is 2.74. The van der Waals surface area contributed by atoms with Crippen LogP contribution in [-0.4, -0.2) is 36.9 Å². The van der Waals surface area contributed by atoms with Gasteiger partial charge in [0, 0.05) is 35.7 Å². The number of rotatable bonds is 6. The molecule has 0 radical (unpaired) electrons. The number of amides is 1. The van der Waals surface area contributed by atoms with E-state index in [2.05, 4.69) is 15.3 Å². The lowest BCUT2D eigenvalue weighted by Gasteiger charge is -2.13. The van der Waals surface area contributed by atoms with Crippen LogP contribution in [0, 0.1) is 0 Å². The van der Waals surface area contributed by atoms with E-state index in [4.69, 9.17) is 9.40 Å². The summed E-state index contributed by atoms with van der Waals surface area (Å²) in [5, 5.41) is 3.18. The van der Waals surface area contributed by atoms with Crippen molar-refractivity contribution in [2.24, 2.45) is 0 Å². The van der Waals surface area contributed by atoms with E-state index < -0.39 is 0 Å². The van der Waals surface area contributed by atoms with Crippen LogP contribution in [0.15, 0.2) is 80.6 Å². The second-order valence-electron chi connectivity index (χ2n) is 6.89. The smallest absolute Gasteiger partial charge is 0.272 e. The first-order chi connectivity index (χ1) is 15.7. The van der Waals surface area contributed by atoms with Crippen LogP contribution in [0.1, 0.15) is 5.69 Å². The lowest BCUT2D eigenvalue weighted by Crippen LogP contribution is -2.24. The number of carbonyl (C=O) groups excluding carboxylic acids is 1. The third-order valence-corrected chi connectivity index (χ3v) is 6.82. The third-order valence-electron chi connectivity index (χ3n) is 4.77. The Morgan fingerprint density at radius 1 is 1.16 bits per heavy atom. The molecule has 1 amide bonds. The number of benzene rings is 1. The molecule has 3 aromatic heterocycles. The Morgan fingerprint density at radius 3 is 2.72 bits per heavy atom. The zero-order valence-electron chi connectivity index (χ0n) is 16.7. The number of carbonyl (C=O) groups is 1. The molecule has 4 heterocycles. The van der Waals surface area contributed by atoms with Gasteiger partial charge in [0.05, 0.1) is 34.6 Å². The maximum atomic E-state index is 13.1. The monoisotopic (exact) mass is 463 g/mol. The molecule has 0 saturated carbocycles. The van der Waals surface area contributed by atoms with E-state index in [0.717, 1.165) is 34.7 Å². The number of furan rings is 1. The minimum Gasteiger partial charge on any atom is -0.472 e. The normalized spacial score (nSPS) is 12.5. The summed E-state index contributed by atoms with van der Waals surface area (Å²) in [6.45, 7) is 0. The van der Waals surface area contributed by atoms with Gasteiger partial charge < -0.3 is 4.42 Å². The average Bonchev–Trinajstić information content (AvgIpc) is 3.51. The van der Waals surface area contributed by atoms with Crippen molar-refractivity contribution < 1.29 is 9.21 Å². The average molecular weight is 464 g/mol. The second-order valence-corrected chi connectivity index (χ2v) is 8.94. The van der Waals surface area contributed by atoms with E-state index in [1.54, 1.807) is 29.5 Å². The topological polar surface area (TPSA) is 103 Å². The van der Waals surface area contributed by atoms with E-state index in [1.807, 2.05) is 36.4 Å². The van der Waals surface area contributed by atoms with Crippen molar-refractivity contribution in [2.75, 3.05) is 16.8 Å². The first-order valence-corrected chi connectivity index (χ1v) is 11.8.